The Labute approximate surface area is 118 Å². The van der Waals surface area contributed by atoms with Gasteiger partial charge in [-0.25, -0.2) is 9.18 Å². The van der Waals surface area contributed by atoms with E-state index in [0.29, 0.717) is 16.7 Å². The van der Waals surface area contributed by atoms with Gasteiger partial charge in [0.05, 0.1) is 5.56 Å². The van der Waals surface area contributed by atoms with Gasteiger partial charge in [-0.1, -0.05) is 12.1 Å². The summed E-state index contributed by atoms with van der Waals surface area (Å²) < 4.78 is 18.5. The molecular weight excluding hydrogens is 273 g/mol. The molecule has 1 amide bonds. The van der Waals surface area contributed by atoms with Crippen LogP contribution in [0.2, 0.25) is 0 Å². The van der Waals surface area contributed by atoms with Crippen molar-refractivity contribution in [2.45, 2.75) is 0 Å². The first kappa shape index (κ1) is 13.1. The number of nitrogens with one attached hydrogen (secondary N) is 1. The Morgan fingerprint density at radius 3 is 2.67 bits per heavy atom. The molecule has 0 aliphatic heterocycles. The third-order valence-corrected chi connectivity index (χ3v) is 3.00. The lowest BCUT2D eigenvalue weighted by molar-refractivity contribution is 0.102. The molecule has 1 heterocycles. The highest BCUT2D eigenvalue weighted by Crippen LogP contribution is 2.18. The molecule has 0 aliphatic carbocycles. The van der Waals surface area contributed by atoms with Crippen molar-refractivity contribution in [3.05, 3.63) is 76.4 Å². The van der Waals surface area contributed by atoms with Crippen molar-refractivity contribution < 1.29 is 13.6 Å². The van der Waals surface area contributed by atoms with Gasteiger partial charge in [0.2, 0.25) is 0 Å². The third kappa shape index (κ3) is 2.67. The van der Waals surface area contributed by atoms with Gasteiger partial charge in [0.1, 0.15) is 11.4 Å². The lowest BCUT2D eigenvalue weighted by Gasteiger charge is -2.06. The molecule has 1 N–H and O–H groups in total. The quantitative estimate of drug-likeness (QED) is 0.735. The highest BCUT2D eigenvalue weighted by atomic mass is 19.1. The molecular formula is C16H10FNO3. The van der Waals surface area contributed by atoms with Gasteiger partial charge < -0.3 is 9.73 Å². The van der Waals surface area contributed by atoms with E-state index < -0.39 is 17.3 Å². The Balaban J connectivity index is 1.91. The molecule has 0 spiro atoms. The van der Waals surface area contributed by atoms with Gasteiger partial charge in [-0.05, 0) is 36.4 Å². The zero-order valence-corrected chi connectivity index (χ0v) is 10.8. The van der Waals surface area contributed by atoms with Gasteiger partial charge >= 0.3 is 5.63 Å². The third-order valence-electron chi connectivity index (χ3n) is 3.00. The van der Waals surface area contributed by atoms with E-state index in [1.54, 1.807) is 30.3 Å². The van der Waals surface area contributed by atoms with Crippen LogP contribution in [0.4, 0.5) is 10.1 Å². The molecule has 5 heteroatoms. The average Bonchev–Trinajstić information content (AvgIpc) is 2.48. The van der Waals surface area contributed by atoms with Crippen LogP contribution in [0.3, 0.4) is 0 Å². The van der Waals surface area contributed by atoms with E-state index in [1.165, 1.54) is 24.3 Å². The molecule has 0 saturated heterocycles. The van der Waals surface area contributed by atoms with Crippen LogP contribution in [0.15, 0.2) is 63.8 Å². The maximum absolute atomic E-state index is 13.5. The fraction of sp³-hybridized carbons (Fsp3) is 0. The van der Waals surface area contributed by atoms with Crippen LogP contribution in [-0.4, -0.2) is 5.91 Å². The number of fused-ring (bicyclic) bond motifs is 1. The van der Waals surface area contributed by atoms with Crippen LogP contribution < -0.4 is 10.9 Å². The second-order valence-electron chi connectivity index (χ2n) is 4.44. The predicted octanol–water partition coefficient (Wildman–Crippen LogP) is 3.18. The number of carbonyl (C=O) groups excluding carboxylic acids is 1. The fourth-order valence-electron chi connectivity index (χ4n) is 1.99. The second kappa shape index (κ2) is 5.20. The van der Waals surface area contributed by atoms with Gasteiger partial charge in [0, 0.05) is 17.1 Å². The Bertz CT molecular complexity index is 886. The maximum Gasteiger partial charge on any atom is 0.336 e. The molecule has 104 valence electrons. The molecule has 4 nitrogen and oxygen atoms in total. The van der Waals surface area contributed by atoms with E-state index in [9.17, 15) is 14.0 Å². The molecule has 3 rings (SSSR count). The number of halogens is 1. The fourth-order valence-corrected chi connectivity index (χ4v) is 1.99. The molecule has 0 radical (unpaired) electrons. The molecule has 0 bridgehead atoms. The monoisotopic (exact) mass is 283 g/mol. The summed E-state index contributed by atoms with van der Waals surface area (Å²) in [6, 6.07) is 13.4. The van der Waals surface area contributed by atoms with Crippen LogP contribution in [0.5, 0.6) is 0 Å². The van der Waals surface area contributed by atoms with Crippen molar-refractivity contribution in [1.82, 2.24) is 0 Å². The van der Waals surface area contributed by atoms with Crippen molar-refractivity contribution in [2.24, 2.45) is 0 Å². The van der Waals surface area contributed by atoms with Crippen LogP contribution >= 0.6 is 0 Å². The summed E-state index contributed by atoms with van der Waals surface area (Å²) >= 11 is 0. The number of anilines is 1. The number of hydrogen-bond donors (Lipinski definition) is 1. The smallest absolute Gasteiger partial charge is 0.336 e. The van der Waals surface area contributed by atoms with Gasteiger partial charge in [0.25, 0.3) is 5.91 Å². The minimum absolute atomic E-state index is 0.0304. The van der Waals surface area contributed by atoms with E-state index in [-0.39, 0.29) is 5.56 Å². The number of hydrogen-bond acceptors (Lipinski definition) is 3. The maximum atomic E-state index is 13.5. The molecule has 1 aromatic heterocycles. The summed E-state index contributed by atoms with van der Waals surface area (Å²) in [5.74, 6) is -1.12. The van der Waals surface area contributed by atoms with Gasteiger partial charge in [0.15, 0.2) is 0 Å². The minimum atomic E-state index is -0.582. The summed E-state index contributed by atoms with van der Waals surface area (Å²) in [5.41, 5.74) is 0.443. The van der Waals surface area contributed by atoms with Crippen LogP contribution in [-0.2, 0) is 0 Å². The highest BCUT2D eigenvalue weighted by molar-refractivity contribution is 6.05. The topological polar surface area (TPSA) is 59.3 Å². The van der Waals surface area contributed by atoms with Gasteiger partial charge in [-0.15, -0.1) is 0 Å². The molecule has 0 fully saturated rings. The molecule has 2 aromatic carbocycles. The van der Waals surface area contributed by atoms with E-state index in [2.05, 4.69) is 5.32 Å². The predicted molar refractivity (Wildman–Crippen MR) is 76.8 cm³/mol. The molecule has 0 atom stereocenters. The molecule has 0 aliphatic rings. The van der Waals surface area contributed by atoms with E-state index in [0.717, 1.165) is 0 Å². The summed E-state index contributed by atoms with van der Waals surface area (Å²) in [7, 11) is 0. The minimum Gasteiger partial charge on any atom is -0.423 e. The first-order valence-electron chi connectivity index (χ1n) is 6.23. The standard InChI is InChI=1S/C16H10FNO3/c17-13-4-2-1-3-12(13)16(20)18-11-6-7-14-10(9-11)5-8-15(19)21-14/h1-9H,(H,18,20). The Kier molecular flexibility index (Phi) is 3.23. The molecule has 21 heavy (non-hydrogen) atoms. The lowest BCUT2D eigenvalue weighted by atomic mass is 10.1. The van der Waals surface area contributed by atoms with Crippen LogP contribution in [0.1, 0.15) is 10.4 Å². The van der Waals surface area contributed by atoms with Gasteiger partial charge in [-0.2, -0.15) is 0 Å². The Morgan fingerprint density at radius 1 is 1.05 bits per heavy atom. The average molecular weight is 283 g/mol. The first-order valence-corrected chi connectivity index (χ1v) is 6.23. The molecule has 0 saturated carbocycles. The normalized spacial score (nSPS) is 10.5. The van der Waals surface area contributed by atoms with Crippen molar-refractivity contribution in [3.8, 4) is 0 Å². The zero-order valence-electron chi connectivity index (χ0n) is 10.8. The SMILES string of the molecule is O=C(Nc1ccc2oc(=O)ccc2c1)c1ccccc1F. The zero-order chi connectivity index (χ0) is 14.8. The van der Waals surface area contributed by atoms with Crippen molar-refractivity contribution in [3.63, 3.8) is 0 Å². The van der Waals surface area contributed by atoms with Crippen molar-refractivity contribution in [1.29, 1.82) is 0 Å². The highest BCUT2D eigenvalue weighted by Gasteiger charge is 2.11. The number of amides is 1. The van der Waals surface area contributed by atoms with Crippen LogP contribution in [0.25, 0.3) is 11.0 Å². The van der Waals surface area contributed by atoms with E-state index in [1.807, 2.05) is 0 Å². The summed E-state index contributed by atoms with van der Waals surface area (Å²) in [6.07, 6.45) is 0. The first-order chi connectivity index (χ1) is 10.1. The number of benzene rings is 2. The lowest BCUT2D eigenvalue weighted by Crippen LogP contribution is -2.13. The van der Waals surface area contributed by atoms with Crippen molar-refractivity contribution >= 4 is 22.6 Å². The largest absolute Gasteiger partial charge is 0.423 e. The second-order valence-corrected chi connectivity index (χ2v) is 4.44. The number of carbonyl (C=O) groups is 1. The van der Waals surface area contributed by atoms with Gasteiger partial charge in [-0.3, -0.25) is 4.79 Å². The Hall–Kier alpha value is -2.95. The van der Waals surface area contributed by atoms with E-state index in [4.69, 9.17) is 4.42 Å². The summed E-state index contributed by atoms with van der Waals surface area (Å²) in [5, 5.41) is 3.27. The van der Waals surface area contributed by atoms with Crippen LogP contribution in [0, 0.1) is 5.82 Å². The Morgan fingerprint density at radius 2 is 1.86 bits per heavy atom. The molecule has 0 unspecified atom stereocenters. The summed E-state index contributed by atoms with van der Waals surface area (Å²) in [6.45, 7) is 0. The molecule has 3 aromatic rings. The number of rotatable bonds is 2. The van der Waals surface area contributed by atoms with E-state index >= 15 is 0 Å². The summed E-state index contributed by atoms with van der Waals surface area (Å²) in [4.78, 5) is 23.1. The van der Waals surface area contributed by atoms with Crippen molar-refractivity contribution in [2.75, 3.05) is 5.32 Å².